The first-order valence-electron chi connectivity index (χ1n) is 3.67. The van der Waals surface area contributed by atoms with Gasteiger partial charge in [0, 0.05) is 0 Å². The summed E-state index contributed by atoms with van der Waals surface area (Å²) in [5.41, 5.74) is -1.24. The van der Waals surface area contributed by atoms with Crippen molar-refractivity contribution in [1.29, 1.82) is 0 Å². The fourth-order valence-corrected chi connectivity index (χ4v) is 1.23. The van der Waals surface area contributed by atoms with Gasteiger partial charge in [-0.2, -0.15) is 0 Å². The van der Waals surface area contributed by atoms with E-state index in [4.69, 9.17) is 9.84 Å². The Balaban J connectivity index is 2.71. The van der Waals surface area contributed by atoms with E-state index in [1.54, 1.807) is 7.85 Å². The van der Waals surface area contributed by atoms with E-state index < -0.39 is 23.8 Å². The molecule has 0 aromatic rings. The van der Waals surface area contributed by atoms with E-state index in [2.05, 4.69) is 0 Å². The van der Waals surface area contributed by atoms with E-state index in [0.717, 1.165) is 0 Å². The standard InChI is InChI=1S/C6H13BO4/c1-6(10)4(9)3(2-8)11-5(6)7/h3-5,8-10H,2,7H2,1H3/t3-,4?,5-,6?/m1/s1. The van der Waals surface area contributed by atoms with Crippen LogP contribution in [0, 0.1) is 0 Å². The molecule has 0 saturated carbocycles. The molecule has 1 fully saturated rings. The second-order valence-corrected chi connectivity index (χ2v) is 3.17. The van der Waals surface area contributed by atoms with Gasteiger partial charge in [0.05, 0.1) is 12.6 Å². The largest absolute Gasteiger partial charge is 0.394 e. The molecule has 3 N–H and O–H groups in total. The highest BCUT2D eigenvalue weighted by atomic mass is 16.6. The van der Waals surface area contributed by atoms with Crippen molar-refractivity contribution in [2.75, 3.05) is 6.61 Å². The van der Waals surface area contributed by atoms with Crippen LogP contribution in [0.1, 0.15) is 6.92 Å². The normalized spacial score (nSPS) is 51.5. The lowest BCUT2D eigenvalue weighted by atomic mass is 9.82. The average Bonchev–Trinajstić information content (AvgIpc) is 2.14. The monoisotopic (exact) mass is 160 g/mol. The Morgan fingerprint density at radius 3 is 2.36 bits per heavy atom. The van der Waals surface area contributed by atoms with Crippen LogP contribution < -0.4 is 0 Å². The topological polar surface area (TPSA) is 69.9 Å². The summed E-state index contributed by atoms with van der Waals surface area (Å²) in [5, 5.41) is 27.6. The number of hydrogen-bond acceptors (Lipinski definition) is 4. The first kappa shape index (κ1) is 9.00. The molecule has 11 heavy (non-hydrogen) atoms. The third-order valence-electron chi connectivity index (χ3n) is 2.33. The Bertz CT molecular complexity index is 150. The molecule has 4 nitrogen and oxygen atoms in total. The Morgan fingerprint density at radius 2 is 2.18 bits per heavy atom. The van der Waals surface area contributed by atoms with Crippen molar-refractivity contribution in [2.45, 2.75) is 30.7 Å². The number of aliphatic hydroxyl groups excluding tert-OH is 2. The second-order valence-electron chi connectivity index (χ2n) is 3.17. The SMILES string of the molecule is B[C@@H]1O[C@H](CO)C(O)C1(C)O. The lowest BCUT2D eigenvalue weighted by molar-refractivity contribution is -0.0467. The molecule has 4 atom stereocenters. The maximum absolute atomic E-state index is 9.55. The number of rotatable bonds is 1. The van der Waals surface area contributed by atoms with Crippen molar-refractivity contribution in [3.63, 3.8) is 0 Å². The van der Waals surface area contributed by atoms with Crippen molar-refractivity contribution >= 4 is 7.85 Å². The van der Waals surface area contributed by atoms with Crippen LogP contribution >= 0.6 is 0 Å². The first-order valence-corrected chi connectivity index (χ1v) is 3.67. The molecule has 0 aliphatic carbocycles. The van der Waals surface area contributed by atoms with Crippen molar-refractivity contribution < 1.29 is 20.1 Å². The zero-order valence-corrected chi connectivity index (χ0v) is 6.69. The molecule has 5 heteroatoms. The maximum atomic E-state index is 9.55. The molecule has 1 aliphatic heterocycles. The summed E-state index contributed by atoms with van der Waals surface area (Å²) in [7, 11) is 1.67. The molecule has 0 aromatic carbocycles. The summed E-state index contributed by atoms with van der Waals surface area (Å²) in [6.45, 7) is 1.24. The first-order chi connectivity index (χ1) is 5.00. The molecular formula is C6H13BO4. The lowest BCUT2D eigenvalue weighted by Crippen LogP contribution is -2.45. The summed E-state index contributed by atoms with van der Waals surface area (Å²) in [5.74, 6) is 0. The summed E-state index contributed by atoms with van der Waals surface area (Å²) < 4.78 is 5.09. The van der Waals surface area contributed by atoms with Gasteiger partial charge in [-0.05, 0) is 6.92 Å². The zero-order valence-electron chi connectivity index (χ0n) is 6.69. The molecule has 1 heterocycles. The Kier molecular flexibility index (Phi) is 2.25. The minimum atomic E-state index is -1.24. The molecule has 0 aromatic heterocycles. The second kappa shape index (κ2) is 2.75. The molecule has 0 spiro atoms. The van der Waals surface area contributed by atoms with E-state index in [9.17, 15) is 10.2 Å². The molecule has 2 unspecified atom stereocenters. The van der Waals surface area contributed by atoms with E-state index >= 15 is 0 Å². The zero-order chi connectivity index (χ0) is 8.65. The van der Waals surface area contributed by atoms with E-state index in [1.165, 1.54) is 6.92 Å². The van der Waals surface area contributed by atoms with Gasteiger partial charge in [0.15, 0.2) is 0 Å². The van der Waals surface area contributed by atoms with Crippen molar-refractivity contribution in [3.05, 3.63) is 0 Å². The van der Waals surface area contributed by atoms with Crippen LogP contribution in [0.15, 0.2) is 0 Å². The van der Waals surface area contributed by atoms with Gasteiger partial charge < -0.3 is 20.1 Å². The van der Waals surface area contributed by atoms with Crippen LogP contribution in [0.5, 0.6) is 0 Å². The predicted octanol–water partition coefficient (Wildman–Crippen LogP) is -2.55. The number of hydrogen-bond donors (Lipinski definition) is 3. The molecule has 1 saturated heterocycles. The molecule has 0 amide bonds. The average molecular weight is 160 g/mol. The van der Waals surface area contributed by atoms with Gasteiger partial charge in [0.25, 0.3) is 0 Å². The highest BCUT2D eigenvalue weighted by molar-refractivity contribution is 6.12. The van der Waals surface area contributed by atoms with E-state index in [1.807, 2.05) is 0 Å². The highest BCUT2D eigenvalue weighted by Crippen LogP contribution is 2.28. The van der Waals surface area contributed by atoms with Crippen LogP contribution in [0.3, 0.4) is 0 Å². The smallest absolute Gasteiger partial charge is 0.143 e. The third-order valence-corrected chi connectivity index (χ3v) is 2.33. The van der Waals surface area contributed by atoms with Crippen molar-refractivity contribution in [3.8, 4) is 0 Å². The Labute approximate surface area is 66.2 Å². The van der Waals surface area contributed by atoms with Gasteiger partial charge >= 0.3 is 0 Å². The minimum Gasteiger partial charge on any atom is -0.394 e. The summed E-state index contributed by atoms with van der Waals surface area (Å²) in [4.78, 5) is 0. The van der Waals surface area contributed by atoms with Crippen LogP contribution in [0.2, 0.25) is 0 Å². The van der Waals surface area contributed by atoms with Crippen molar-refractivity contribution in [2.24, 2.45) is 0 Å². The van der Waals surface area contributed by atoms with Gasteiger partial charge in [-0.15, -0.1) is 0 Å². The van der Waals surface area contributed by atoms with E-state index in [-0.39, 0.29) is 6.61 Å². The van der Waals surface area contributed by atoms with Crippen LogP contribution in [0.4, 0.5) is 0 Å². The van der Waals surface area contributed by atoms with Gasteiger partial charge in [0.2, 0.25) is 0 Å². The quantitative estimate of drug-likeness (QED) is 0.369. The Morgan fingerprint density at radius 1 is 1.64 bits per heavy atom. The maximum Gasteiger partial charge on any atom is 0.143 e. The molecular weight excluding hydrogens is 147 g/mol. The third kappa shape index (κ3) is 1.29. The fraction of sp³-hybridized carbons (Fsp3) is 1.00. The van der Waals surface area contributed by atoms with Crippen LogP contribution in [-0.2, 0) is 4.74 Å². The van der Waals surface area contributed by atoms with Gasteiger partial charge in [-0.25, -0.2) is 0 Å². The molecule has 1 rings (SSSR count). The summed E-state index contributed by atoms with van der Waals surface area (Å²) >= 11 is 0. The van der Waals surface area contributed by atoms with Gasteiger partial charge in [-0.1, -0.05) is 0 Å². The molecule has 1 aliphatic rings. The molecule has 64 valence electrons. The molecule has 0 radical (unpaired) electrons. The highest BCUT2D eigenvalue weighted by Gasteiger charge is 2.48. The van der Waals surface area contributed by atoms with E-state index in [0.29, 0.717) is 0 Å². The number of ether oxygens (including phenoxy) is 1. The van der Waals surface area contributed by atoms with Crippen LogP contribution in [0.25, 0.3) is 0 Å². The summed E-state index contributed by atoms with van der Waals surface area (Å²) in [6, 6.07) is -0.436. The Hall–Kier alpha value is -0.0951. The summed E-state index contributed by atoms with van der Waals surface area (Å²) in [6.07, 6.45) is -1.65. The predicted molar refractivity (Wildman–Crippen MR) is 40.9 cm³/mol. The minimum absolute atomic E-state index is 0.262. The number of aliphatic hydroxyl groups is 3. The van der Waals surface area contributed by atoms with Gasteiger partial charge in [0.1, 0.15) is 25.7 Å². The van der Waals surface area contributed by atoms with Gasteiger partial charge in [-0.3, -0.25) is 0 Å². The molecule has 0 bridgehead atoms. The van der Waals surface area contributed by atoms with Crippen molar-refractivity contribution in [1.82, 2.24) is 0 Å². The lowest BCUT2D eigenvalue weighted by Gasteiger charge is -2.23. The van der Waals surface area contributed by atoms with Crippen LogP contribution in [-0.4, -0.2) is 53.6 Å². The fourth-order valence-electron chi connectivity index (χ4n) is 1.23.